The van der Waals surface area contributed by atoms with Crippen molar-refractivity contribution < 1.29 is 4.79 Å². The second kappa shape index (κ2) is 6.81. The molecule has 2 aliphatic heterocycles. The van der Waals surface area contributed by atoms with Crippen molar-refractivity contribution in [2.45, 2.75) is 18.0 Å². The molecule has 2 aliphatic rings. The summed E-state index contributed by atoms with van der Waals surface area (Å²) in [6, 6.07) is 12.4. The van der Waals surface area contributed by atoms with Crippen LogP contribution in [0.1, 0.15) is 27.5 Å². The second-order valence-corrected chi connectivity index (χ2v) is 7.70. The zero-order valence-electron chi connectivity index (χ0n) is 14.6. The van der Waals surface area contributed by atoms with Crippen LogP contribution >= 0.6 is 11.8 Å². The van der Waals surface area contributed by atoms with Crippen LogP contribution in [-0.4, -0.2) is 41.7 Å². The lowest BCUT2D eigenvalue weighted by atomic mass is 9.87. The molecule has 1 N–H and O–H groups in total. The smallest absolute Gasteiger partial charge is 0.257 e. The highest BCUT2D eigenvalue weighted by Gasteiger charge is 2.47. The van der Waals surface area contributed by atoms with Crippen molar-refractivity contribution in [2.24, 2.45) is 11.8 Å². The highest BCUT2D eigenvalue weighted by molar-refractivity contribution is 7.98. The molecule has 2 fully saturated rings. The monoisotopic (exact) mass is 353 g/mol. The Bertz CT molecular complexity index is 794. The summed E-state index contributed by atoms with van der Waals surface area (Å²) in [5, 5.41) is 4.32. The summed E-state index contributed by atoms with van der Waals surface area (Å²) < 4.78 is 0. The number of hydrogen-bond donors (Lipinski definition) is 1. The molecule has 130 valence electrons. The minimum Gasteiger partial charge on any atom is -0.331 e. The van der Waals surface area contributed by atoms with E-state index in [0.29, 0.717) is 11.8 Å². The van der Waals surface area contributed by atoms with Crippen molar-refractivity contribution in [3.63, 3.8) is 0 Å². The maximum absolute atomic E-state index is 13.4. The highest BCUT2D eigenvalue weighted by Crippen LogP contribution is 2.44. The first-order chi connectivity index (χ1) is 12.2. The number of aromatic nitrogens is 1. The number of rotatable bonds is 3. The van der Waals surface area contributed by atoms with Crippen LogP contribution in [0.15, 0.2) is 47.6 Å². The van der Waals surface area contributed by atoms with Crippen molar-refractivity contribution >= 4 is 17.7 Å². The molecule has 25 heavy (non-hydrogen) atoms. The molecule has 1 aromatic carbocycles. The van der Waals surface area contributed by atoms with Gasteiger partial charge in [-0.2, -0.15) is 0 Å². The number of nitrogens with one attached hydrogen (secondary N) is 1. The van der Waals surface area contributed by atoms with Gasteiger partial charge in [-0.1, -0.05) is 24.3 Å². The molecule has 2 aromatic rings. The third-order valence-electron chi connectivity index (χ3n) is 5.53. The minimum atomic E-state index is 0.111. The SMILES string of the molecule is CSc1ncccc1C(=O)N1C[C@@H]2CNC[C@@H]2[C@H]1c1ccccc1C. The third kappa shape index (κ3) is 2.85. The van der Waals surface area contributed by atoms with Gasteiger partial charge in [-0.15, -0.1) is 11.8 Å². The lowest BCUT2D eigenvalue weighted by Crippen LogP contribution is -2.35. The van der Waals surface area contributed by atoms with Gasteiger partial charge in [0.1, 0.15) is 5.03 Å². The zero-order valence-corrected chi connectivity index (χ0v) is 15.4. The van der Waals surface area contributed by atoms with Crippen molar-refractivity contribution in [1.82, 2.24) is 15.2 Å². The molecule has 0 aliphatic carbocycles. The third-order valence-corrected chi connectivity index (χ3v) is 6.24. The van der Waals surface area contributed by atoms with E-state index in [4.69, 9.17) is 0 Å². The van der Waals surface area contributed by atoms with Crippen molar-refractivity contribution in [2.75, 3.05) is 25.9 Å². The van der Waals surface area contributed by atoms with Gasteiger partial charge in [-0.05, 0) is 42.4 Å². The Labute approximate surface area is 153 Å². The Balaban J connectivity index is 1.75. The Morgan fingerprint density at radius 1 is 1.24 bits per heavy atom. The van der Waals surface area contributed by atoms with Crippen LogP contribution < -0.4 is 5.32 Å². The van der Waals surface area contributed by atoms with E-state index in [1.165, 1.54) is 22.9 Å². The lowest BCUT2D eigenvalue weighted by Gasteiger charge is -2.30. The predicted molar refractivity (Wildman–Crippen MR) is 101 cm³/mol. The Morgan fingerprint density at radius 2 is 2.08 bits per heavy atom. The fourth-order valence-electron chi connectivity index (χ4n) is 4.32. The van der Waals surface area contributed by atoms with E-state index in [9.17, 15) is 4.79 Å². The number of amides is 1. The topological polar surface area (TPSA) is 45.2 Å². The first-order valence-corrected chi connectivity index (χ1v) is 9.99. The summed E-state index contributed by atoms with van der Waals surface area (Å²) >= 11 is 1.53. The van der Waals surface area contributed by atoms with Crippen molar-refractivity contribution in [1.29, 1.82) is 0 Å². The van der Waals surface area contributed by atoms with Gasteiger partial charge in [0, 0.05) is 31.7 Å². The van der Waals surface area contributed by atoms with Gasteiger partial charge in [0.15, 0.2) is 0 Å². The molecule has 0 radical (unpaired) electrons. The fourth-order valence-corrected chi connectivity index (χ4v) is 4.86. The number of likely N-dealkylation sites (tertiary alicyclic amines) is 1. The van der Waals surface area contributed by atoms with E-state index in [-0.39, 0.29) is 11.9 Å². The number of fused-ring (bicyclic) bond motifs is 1. The molecule has 4 rings (SSSR count). The summed E-state index contributed by atoms with van der Waals surface area (Å²) in [5.74, 6) is 1.13. The van der Waals surface area contributed by atoms with E-state index in [2.05, 4.69) is 46.4 Å². The number of carbonyl (C=O) groups excluding carboxylic acids is 1. The van der Waals surface area contributed by atoms with Crippen molar-refractivity contribution in [3.05, 3.63) is 59.3 Å². The quantitative estimate of drug-likeness (QED) is 0.861. The molecule has 2 saturated heterocycles. The van der Waals surface area contributed by atoms with Crippen LogP contribution in [-0.2, 0) is 0 Å². The van der Waals surface area contributed by atoms with Gasteiger partial charge in [-0.25, -0.2) is 4.98 Å². The normalized spacial score (nSPS) is 25.2. The molecule has 1 aromatic heterocycles. The number of aryl methyl sites for hydroxylation is 1. The maximum atomic E-state index is 13.4. The second-order valence-electron chi connectivity index (χ2n) is 6.90. The van der Waals surface area contributed by atoms with Gasteiger partial charge in [0.2, 0.25) is 0 Å². The standard InChI is InChI=1S/C20H23N3OS/c1-13-6-3-4-7-15(13)18-17-11-21-10-14(17)12-23(18)20(24)16-8-5-9-22-19(16)25-2/h3-9,14,17-18,21H,10-12H2,1-2H3/t14-,17-,18+/m0/s1. The number of pyridine rings is 1. The van der Waals surface area contributed by atoms with Crippen LogP contribution in [0.2, 0.25) is 0 Å². The molecular formula is C20H23N3OS. The lowest BCUT2D eigenvalue weighted by molar-refractivity contribution is 0.0709. The Morgan fingerprint density at radius 3 is 2.88 bits per heavy atom. The van der Waals surface area contributed by atoms with Crippen LogP contribution in [0.25, 0.3) is 0 Å². The molecule has 5 heteroatoms. The molecule has 4 nitrogen and oxygen atoms in total. The van der Waals surface area contributed by atoms with E-state index in [1.54, 1.807) is 6.20 Å². The molecule has 0 saturated carbocycles. The van der Waals surface area contributed by atoms with E-state index < -0.39 is 0 Å². The molecule has 3 atom stereocenters. The summed E-state index contributed by atoms with van der Waals surface area (Å²) in [6.07, 6.45) is 3.73. The van der Waals surface area contributed by atoms with Crippen molar-refractivity contribution in [3.8, 4) is 0 Å². The largest absolute Gasteiger partial charge is 0.331 e. The molecule has 0 unspecified atom stereocenters. The molecule has 0 bridgehead atoms. The van der Waals surface area contributed by atoms with Gasteiger partial charge in [0.25, 0.3) is 5.91 Å². The maximum Gasteiger partial charge on any atom is 0.257 e. The van der Waals surface area contributed by atoms with Crippen LogP contribution in [0.4, 0.5) is 0 Å². The molecule has 0 spiro atoms. The summed E-state index contributed by atoms with van der Waals surface area (Å²) in [4.78, 5) is 19.9. The Kier molecular flexibility index (Phi) is 4.52. The number of thioether (sulfide) groups is 1. The first-order valence-electron chi connectivity index (χ1n) is 8.77. The number of carbonyl (C=O) groups is 1. The number of benzene rings is 1. The van der Waals surface area contributed by atoms with Crippen LogP contribution in [0.3, 0.4) is 0 Å². The Hall–Kier alpha value is -1.85. The fraction of sp³-hybridized carbons (Fsp3) is 0.400. The molecule has 1 amide bonds. The number of hydrogen-bond acceptors (Lipinski definition) is 4. The van der Waals surface area contributed by atoms with E-state index in [0.717, 1.165) is 30.2 Å². The van der Waals surface area contributed by atoms with E-state index in [1.807, 2.05) is 18.4 Å². The van der Waals surface area contributed by atoms with Crippen LogP contribution in [0, 0.1) is 18.8 Å². The van der Waals surface area contributed by atoms with Gasteiger partial charge in [0.05, 0.1) is 11.6 Å². The predicted octanol–water partition coefficient (Wildman–Crippen LogP) is 3.14. The zero-order chi connectivity index (χ0) is 17.4. The van der Waals surface area contributed by atoms with E-state index >= 15 is 0 Å². The average molecular weight is 353 g/mol. The highest BCUT2D eigenvalue weighted by atomic mass is 32.2. The molecular weight excluding hydrogens is 330 g/mol. The first kappa shape index (κ1) is 16.6. The summed E-state index contributed by atoms with van der Waals surface area (Å²) in [6.45, 7) is 4.94. The van der Waals surface area contributed by atoms with Gasteiger partial charge in [-0.3, -0.25) is 4.79 Å². The summed E-state index contributed by atoms with van der Waals surface area (Å²) in [5.41, 5.74) is 3.26. The van der Waals surface area contributed by atoms with Gasteiger partial charge < -0.3 is 10.2 Å². The molecule has 3 heterocycles. The van der Waals surface area contributed by atoms with Crippen LogP contribution in [0.5, 0.6) is 0 Å². The van der Waals surface area contributed by atoms with Gasteiger partial charge >= 0.3 is 0 Å². The minimum absolute atomic E-state index is 0.111. The average Bonchev–Trinajstić information content (AvgIpc) is 3.23. The summed E-state index contributed by atoms with van der Waals surface area (Å²) in [7, 11) is 0. The number of nitrogens with zero attached hydrogens (tertiary/aromatic N) is 2.